The van der Waals surface area contributed by atoms with Crippen LogP contribution >= 0.6 is 11.6 Å². The normalized spacial score (nSPS) is 12.1. The van der Waals surface area contributed by atoms with Crippen LogP contribution in [0.3, 0.4) is 0 Å². The lowest BCUT2D eigenvalue weighted by Gasteiger charge is -2.20. The summed E-state index contributed by atoms with van der Waals surface area (Å²) in [7, 11) is 3.08. The highest BCUT2D eigenvalue weighted by Crippen LogP contribution is 2.38. The van der Waals surface area contributed by atoms with Crippen molar-refractivity contribution in [3.8, 4) is 11.5 Å². The molecule has 2 aromatic carbocycles. The first-order valence-corrected chi connectivity index (χ1v) is 6.37. The van der Waals surface area contributed by atoms with Gasteiger partial charge in [-0.1, -0.05) is 17.7 Å². The second kappa shape index (κ2) is 6.11. The van der Waals surface area contributed by atoms with Gasteiger partial charge in [-0.15, -0.1) is 0 Å². The van der Waals surface area contributed by atoms with Gasteiger partial charge in [0.1, 0.15) is 17.3 Å². The Labute approximate surface area is 122 Å². The lowest BCUT2D eigenvalue weighted by Crippen LogP contribution is -2.15. The Morgan fingerprint density at radius 3 is 2.25 bits per heavy atom. The number of hydrogen-bond acceptors (Lipinski definition) is 3. The molecule has 0 radical (unpaired) electrons. The molecule has 5 heteroatoms. The Bertz CT molecular complexity index is 597. The standard InChI is InChI=1S/C15H15ClFNO2/c1-19-12-4-3-5-13(20-2)14(12)15(18)10-8-9(17)6-7-11(10)16/h3-8,15H,18H2,1-2H3. The molecule has 2 rings (SSSR count). The molecule has 1 atom stereocenters. The van der Waals surface area contributed by atoms with Gasteiger partial charge in [-0.2, -0.15) is 0 Å². The fourth-order valence-electron chi connectivity index (χ4n) is 2.09. The molecular formula is C15H15ClFNO2. The summed E-state index contributed by atoms with van der Waals surface area (Å²) in [6.07, 6.45) is 0. The Balaban J connectivity index is 2.58. The van der Waals surface area contributed by atoms with E-state index in [1.54, 1.807) is 18.2 Å². The fraction of sp³-hybridized carbons (Fsp3) is 0.200. The van der Waals surface area contributed by atoms with Crippen LogP contribution in [0.1, 0.15) is 17.2 Å². The summed E-state index contributed by atoms with van der Waals surface area (Å²) in [5, 5.41) is 0.395. The summed E-state index contributed by atoms with van der Waals surface area (Å²) in [6.45, 7) is 0. The van der Waals surface area contributed by atoms with Crippen molar-refractivity contribution in [2.45, 2.75) is 6.04 Å². The molecule has 3 nitrogen and oxygen atoms in total. The molecule has 0 aliphatic heterocycles. The molecule has 0 spiro atoms. The molecule has 0 bridgehead atoms. The van der Waals surface area contributed by atoms with E-state index in [1.165, 1.54) is 32.4 Å². The number of nitrogens with two attached hydrogens (primary N) is 1. The van der Waals surface area contributed by atoms with E-state index in [9.17, 15) is 4.39 Å². The predicted octanol–water partition coefficient (Wildman–Crippen LogP) is 3.54. The number of halogens is 2. The molecule has 20 heavy (non-hydrogen) atoms. The molecule has 0 saturated heterocycles. The number of rotatable bonds is 4. The first kappa shape index (κ1) is 14.6. The third-order valence-corrected chi connectivity index (χ3v) is 3.41. The van der Waals surface area contributed by atoms with Gasteiger partial charge >= 0.3 is 0 Å². The number of benzene rings is 2. The van der Waals surface area contributed by atoms with Crippen molar-refractivity contribution in [1.29, 1.82) is 0 Å². The van der Waals surface area contributed by atoms with Gasteiger partial charge in [-0.25, -0.2) is 4.39 Å². The zero-order valence-corrected chi connectivity index (χ0v) is 11.9. The van der Waals surface area contributed by atoms with E-state index in [1.807, 2.05) is 0 Å². The molecule has 1 unspecified atom stereocenters. The van der Waals surface area contributed by atoms with E-state index in [4.69, 9.17) is 26.8 Å². The Hall–Kier alpha value is -1.78. The summed E-state index contributed by atoms with van der Waals surface area (Å²) in [4.78, 5) is 0. The Morgan fingerprint density at radius 2 is 1.70 bits per heavy atom. The van der Waals surface area contributed by atoms with Crippen LogP contribution in [0.15, 0.2) is 36.4 Å². The van der Waals surface area contributed by atoms with E-state index in [2.05, 4.69) is 0 Å². The van der Waals surface area contributed by atoms with Crippen LogP contribution in [0, 0.1) is 5.82 Å². The maximum absolute atomic E-state index is 13.4. The summed E-state index contributed by atoms with van der Waals surface area (Å²) in [5.74, 6) is 0.739. The summed E-state index contributed by atoms with van der Waals surface area (Å²) >= 11 is 6.10. The molecule has 2 N–H and O–H groups in total. The second-order valence-electron chi connectivity index (χ2n) is 4.22. The summed E-state index contributed by atoms with van der Waals surface area (Å²) in [5.41, 5.74) is 7.34. The third kappa shape index (κ3) is 2.71. The van der Waals surface area contributed by atoms with Crippen molar-refractivity contribution in [2.24, 2.45) is 5.73 Å². The molecule has 2 aromatic rings. The minimum Gasteiger partial charge on any atom is -0.496 e. The topological polar surface area (TPSA) is 44.5 Å². The molecule has 0 aliphatic carbocycles. The van der Waals surface area contributed by atoms with Crippen molar-refractivity contribution in [2.75, 3.05) is 14.2 Å². The van der Waals surface area contributed by atoms with Crippen LogP contribution in [0.4, 0.5) is 4.39 Å². The van der Waals surface area contributed by atoms with Gasteiger partial charge in [-0.05, 0) is 35.9 Å². The molecule has 106 valence electrons. The van der Waals surface area contributed by atoms with E-state index in [0.717, 1.165) is 0 Å². The summed E-state index contributed by atoms with van der Waals surface area (Å²) in [6, 6.07) is 8.77. The molecule has 0 aliphatic rings. The van der Waals surface area contributed by atoms with E-state index in [-0.39, 0.29) is 0 Å². The van der Waals surface area contributed by atoms with Gasteiger partial charge in [0.2, 0.25) is 0 Å². The Morgan fingerprint density at radius 1 is 1.10 bits per heavy atom. The minimum absolute atomic E-state index is 0.395. The van der Waals surface area contributed by atoms with Crippen molar-refractivity contribution in [1.82, 2.24) is 0 Å². The van der Waals surface area contributed by atoms with E-state index in [0.29, 0.717) is 27.6 Å². The lowest BCUT2D eigenvalue weighted by molar-refractivity contribution is 0.382. The van der Waals surface area contributed by atoms with Crippen LogP contribution in [0.2, 0.25) is 5.02 Å². The highest BCUT2D eigenvalue weighted by atomic mass is 35.5. The highest BCUT2D eigenvalue weighted by Gasteiger charge is 2.21. The number of ether oxygens (including phenoxy) is 2. The van der Waals surface area contributed by atoms with Crippen LogP contribution < -0.4 is 15.2 Å². The average Bonchev–Trinajstić information content (AvgIpc) is 2.48. The molecule has 0 amide bonds. The summed E-state index contributed by atoms with van der Waals surface area (Å²) < 4.78 is 24.0. The minimum atomic E-state index is -0.649. The number of methoxy groups -OCH3 is 2. The SMILES string of the molecule is COc1cccc(OC)c1C(N)c1cc(F)ccc1Cl. The molecule has 0 fully saturated rings. The second-order valence-corrected chi connectivity index (χ2v) is 4.63. The fourth-order valence-corrected chi connectivity index (χ4v) is 2.33. The molecule has 0 heterocycles. The quantitative estimate of drug-likeness (QED) is 0.938. The van der Waals surface area contributed by atoms with E-state index >= 15 is 0 Å². The smallest absolute Gasteiger partial charge is 0.127 e. The molecule has 0 saturated carbocycles. The zero-order chi connectivity index (χ0) is 14.7. The van der Waals surface area contributed by atoms with Crippen LogP contribution in [0.5, 0.6) is 11.5 Å². The average molecular weight is 296 g/mol. The van der Waals surface area contributed by atoms with E-state index < -0.39 is 11.9 Å². The van der Waals surface area contributed by atoms with Crippen molar-refractivity contribution < 1.29 is 13.9 Å². The van der Waals surface area contributed by atoms with Crippen LogP contribution in [-0.4, -0.2) is 14.2 Å². The number of hydrogen-bond donors (Lipinski definition) is 1. The maximum atomic E-state index is 13.4. The first-order chi connectivity index (χ1) is 9.58. The van der Waals surface area contributed by atoms with Gasteiger partial charge in [0.05, 0.1) is 25.8 Å². The van der Waals surface area contributed by atoms with Gasteiger partial charge in [0, 0.05) is 5.02 Å². The Kier molecular flexibility index (Phi) is 4.47. The third-order valence-electron chi connectivity index (χ3n) is 3.07. The van der Waals surface area contributed by atoms with Gasteiger partial charge < -0.3 is 15.2 Å². The van der Waals surface area contributed by atoms with Gasteiger partial charge in [0.25, 0.3) is 0 Å². The van der Waals surface area contributed by atoms with Gasteiger partial charge in [-0.3, -0.25) is 0 Å². The first-order valence-electron chi connectivity index (χ1n) is 6.00. The van der Waals surface area contributed by atoms with Gasteiger partial charge in [0.15, 0.2) is 0 Å². The highest BCUT2D eigenvalue weighted by molar-refractivity contribution is 6.31. The largest absolute Gasteiger partial charge is 0.496 e. The van der Waals surface area contributed by atoms with Crippen molar-refractivity contribution >= 4 is 11.6 Å². The maximum Gasteiger partial charge on any atom is 0.127 e. The predicted molar refractivity (Wildman–Crippen MR) is 77.0 cm³/mol. The lowest BCUT2D eigenvalue weighted by atomic mass is 9.97. The van der Waals surface area contributed by atoms with Crippen molar-refractivity contribution in [3.05, 3.63) is 58.4 Å². The monoisotopic (exact) mass is 295 g/mol. The van der Waals surface area contributed by atoms with Crippen LogP contribution in [-0.2, 0) is 0 Å². The van der Waals surface area contributed by atoms with Crippen molar-refractivity contribution in [3.63, 3.8) is 0 Å². The molecule has 0 aromatic heterocycles. The zero-order valence-electron chi connectivity index (χ0n) is 11.2. The van der Waals surface area contributed by atoms with Crippen LogP contribution in [0.25, 0.3) is 0 Å². The molecular weight excluding hydrogens is 281 g/mol.